The minimum atomic E-state index is -0.956. The van der Waals surface area contributed by atoms with Crippen molar-refractivity contribution in [3.8, 4) is 0 Å². The molecule has 2 heterocycles. The summed E-state index contributed by atoms with van der Waals surface area (Å²) in [5, 5.41) is 0. The molecule has 0 saturated carbocycles. The molecule has 4 heteroatoms. The molecular weight excluding hydrogens is 167 g/mol. The van der Waals surface area contributed by atoms with Crippen molar-refractivity contribution in [2.45, 2.75) is 44.9 Å². The Hall–Kier alpha value is -0.345. The fourth-order valence-corrected chi connectivity index (χ4v) is 2.51. The fraction of sp³-hybridized carbons (Fsp3) is 0.889. The molecule has 0 bridgehead atoms. The summed E-state index contributed by atoms with van der Waals surface area (Å²) in [4.78, 5) is 10.9. The summed E-state index contributed by atoms with van der Waals surface area (Å²) in [5.41, 5.74) is 0. The first kappa shape index (κ1) is 9.22. The molecule has 2 saturated heterocycles. The molecule has 0 aromatic heterocycles. The van der Waals surface area contributed by atoms with Crippen LogP contribution in [0.15, 0.2) is 0 Å². The molecule has 2 aliphatic rings. The Labute approximate surface area is 78.8 Å². The topological polar surface area (TPSA) is 35.5 Å². The molecule has 1 unspecified atom stereocenters. The van der Waals surface area contributed by atoms with Gasteiger partial charge in [-0.2, -0.15) is 0 Å². The van der Waals surface area contributed by atoms with Crippen LogP contribution in [0.1, 0.15) is 26.2 Å². The zero-order valence-corrected chi connectivity index (χ0v) is 8.12. The van der Waals surface area contributed by atoms with Crippen molar-refractivity contribution in [1.82, 2.24) is 0 Å². The maximum Gasteiger partial charge on any atom is 0.240 e. The quantitative estimate of drug-likeness (QED) is 0.610. The number of carbonyl (C=O) groups is 1. The molecule has 0 amide bonds. The van der Waals surface area contributed by atoms with Gasteiger partial charge in [-0.25, -0.2) is 0 Å². The predicted octanol–water partition coefficient (Wildman–Crippen LogP) is 1.62. The number of rotatable bonds is 2. The third-order valence-corrected chi connectivity index (χ3v) is 3.09. The second kappa shape index (κ2) is 3.43. The zero-order chi connectivity index (χ0) is 9.31. The highest BCUT2D eigenvalue weighted by molar-refractivity contribution is 6.68. The molecule has 3 nitrogen and oxygen atoms in total. The molecule has 13 heavy (non-hydrogen) atoms. The lowest BCUT2D eigenvalue weighted by Gasteiger charge is -2.31. The van der Waals surface area contributed by atoms with Gasteiger partial charge in [0.2, 0.25) is 6.55 Å². The average Bonchev–Trinajstić information content (AvgIpc) is 2.63. The lowest BCUT2D eigenvalue weighted by atomic mass is 9.54. The van der Waals surface area contributed by atoms with Gasteiger partial charge in [-0.1, -0.05) is 12.8 Å². The Bertz CT molecular complexity index is 211. The van der Waals surface area contributed by atoms with Gasteiger partial charge in [0.25, 0.3) is 0 Å². The minimum absolute atomic E-state index is 0.135. The van der Waals surface area contributed by atoms with Crippen LogP contribution >= 0.6 is 0 Å². The fourth-order valence-electron chi connectivity index (χ4n) is 2.51. The second-order valence-electron chi connectivity index (χ2n) is 4.31. The first-order valence-electron chi connectivity index (χ1n) is 5.19. The van der Waals surface area contributed by atoms with E-state index in [0.29, 0.717) is 6.42 Å². The molecule has 0 aromatic carbocycles. The lowest BCUT2D eigenvalue weighted by molar-refractivity contribution is -0.118. The largest absolute Gasteiger partial charge is 0.568 e. The predicted molar refractivity (Wildman–Crippen MR) is 50.7 cm³/mol. The van der Waals surface area contributed by atoms with Crippen LogP contribution in [-0.4, -0.2) is 25.0 Å². The number of hydrogen-bond donors (Lipinski definition) is 0. The van der Waals surface area contributed by atoms with Crippen molar-refractivity contribution in [2.75, 3.05) is 6.61 Å². The third-order valence-electron chi connectivity index (χ3n) is 3.09. The Kier molecular flexibility index (Phi) is 2.43. The molecule has 2 aliphatic heterocycles. The van der Waals surface area contributed by atoms with Gasteiger partial charge in [0.1, 0.15) is 5.78 Å². The monoisotopic (exact) mass is 183 g/mol. The number of carbonyl (C=O) groups excluding carboxylic acids is 1. The molecule has 0 radical (unpaired) electrons. The summed E-state index contributed by atoms with van der Waals surface area (Å²) in [7, 11) is 0. The van der Waals surface area contributed by atoms with Crippen LogP contribution in [-0.2, 0) is 14.1 Å². The normalized spacial score (nSPS) is 38.7. The first-order valence-corrected chi connectivity index (χ1v) is 5.19. The average molecular weight is 183 g/mol. The van der Waals surface area contributed by atoms with E-state index in [2.05, 4.69) is 0 Å². The summed E-state index contributed by atoms with van der Waals surface area (Å²) < 4.78 is 11.5. The van der Waals surface area contributed by atoms with Crippen LogP contribution in [0.3, 0.4) is 0 Å². The van der Waals surface area contributed by atoms with Crippen LogP contribution < -0.4 is 0 Å². The third kappa shape index (κ3) is 1.94. The van der Waals surface area contributed by atoms with Crippen molar-refractivity contribution in [3.63, 3.8) is 0 Å². The van der Waals surface area contributed by atoms with E-state index in [9.17, 15) is 4.79 Å². The second-order valence-corrected chi connectivity index (χ2v) is 4.31. The van der Waals surface area contributed by atoms with E-state index < -0.39 is 6.55 Å². The molecule has 0 aliphatic carbocycles. The molecule has 2 fully saturated rings. The van der Waals surface area contributed by atoms with Crippen LogP contribution in [0.2, 0.25) is 12.6 Å². The molecule has 2 rings (SSSR count). The Morgan fingerprint density at radius 3 is 3.00 bits per heavy atom. The van der Waals surface area contributed by atoms with Gasteiger partial charge >= 0.3 is 0 Å². The number of hydrogen-bond acceptors (Lipinski definition) is 3. The van der Waals surface area contributed by atoms with Crippen molar-refractivity contribution < 1.29 is 14.1 Å². The van der Waals surface area contributed by atoms with Crippen molar-refractivity contribution in [1.29, 1.82) is 0 Å². The smallest absolute Gasteiger partial charge is 0.240 e. The summed E-state index contributed by atoms with van der Waals surface area (Å²) in [6, 6.07) is 0. The number of ketones is 1. The molecule has 0 aromatic rings. The summed E-state index contributed by atoms with van der Waals surface area (Å²) in [5.74, 6) is 0.218. The van der Waals surface area contributed by atoms with Crippen LogP contribution in [0.25, 0.3) is 0 Å². The highest BCUT2D eigenvalue weighted by Crippen LogP contribution is 2.37. The maximum absolute atomic E-state index is 10.9. The molecule has 1 spiro atoms. The summed E-state index contributed by atoms with van der Waals surface area (Å²) in [6.07, 6.45) is 4.90. The van der Waals surface area contributed by atoms with Gasteiger partial charge in [-0.3, -0.25) is 4.79 Å². The van der Waals surface area contributed by atoms with Gasteiger partial charge in [0.15, 0.2) is 0 Å². The van der Waals surface area contributed by atoms with Gasteiger partial charge in [0.05, 0.1) is 0 Å². The SMILES string of the molecule is CC(=O)C[C@@H]1CC[B-]2(CCCO2)O1. The highest BCUT2D eigenvalue weighted by atomic mass is 16.6. The van der Waals surface area contributed by atoms with E-state index >= 15 is 0 Å². The highest BCUT2D eigenvalue weighted by Gasteiger charge is 2.38. The Balaban J connectivity index is 1.89. The van der Waals surface area contributed by atoms with E-state index in [1.54, 1.807) is 6.92 Å². The molecule has 74 valence electrons. The molecular formula is C9H16BO3-. The Morgan fingerprint density at radius 1 is 1.54 bits per heavy atom. The van der Waals surface area contributed by atoms with Crippen LogP contribution in [0, 0.1) is 0 Å². The van der Waals surface area contributed by atoms with Gasteiger partial charge in [-0.05, 0) is 13.5 Å². The molecule has 2 atom stereocenters. The molecule has 0 N–H and O–H groups in total. The van der Waals surface area contributed by atoms with Crippen molar-refractivity contribution in [2.24, 2.45) is 0 Å². The van der Waals surface area contributed by atoms with Crippen LogP contribution in [0.4, 0.5) is 0 Å². The van der Waals surface area contributed by atoms with Crippen molar-refractivity contribution >= 4 is 12.3 Å². The van der Waals surface area contributed by atoms with E-state index in [-0.39, 0.29) is 11.9 Å². The van der Waals surface area contributed by atoms with Crippen LogP contribution in [0.5, 0.6) is 0 Å². The van der Waals surface area contributed by atoms with E-state index in [0.717, 1.165) is 32.1 Å². The van der Waals surface area contributed by atoms with E-state index in [4.69, 9.17) is 9.31 Å². The summed E-state index contributed by atoms with van der Waals surface area (Å²) in [6.45, 7) is 1.51. The van der Waals surface area contributed by atoms with Gasteiger partial charge in [-0.15, -0.1) is 12.6 Å². The Morgan fingerprint density at radius 2 is 2.38 bits per heavy atom. The van der Waals surface area contributed by atoms with Gasteiger partial charge in [0, 0.05) is 12.5 Å². The maximum atomic E-state index is 10.9. The van der Waals surface area contributed by atoms with E-state index in [1.807, 2.05) is 0 Å². The summed E-state index contributed by atoms with van der Waals surface area (Å²) >= 11 is 0. The first-order chi connectivity index (χ1) is 6.20. The lowest BCUT2D eigenvalue weighted by Crippen LogP contribution is -2.34. The minimum Gasteiger partial charge on any atom is -0.568 e. The standard InChI is InChI=1S/C9H16BO3/c1-8(11)7-9-3-5-10(13-9)4-2-6-12-10/h9H,2-7H2,1H3/q-1/t9-,10?/m0/s1. The van der Waals surface area contributed by atoms with Crippen molar-refractivity contribution in [3.05, 3.63) is 0 Å². The van der Waals surface area contributed by atoms with E-state index in [1.165, 1.54) is 0 Å². The number of Topliss-reactive ketones (excluding diaryl/α,β-unsaturated/α-hetero) is 1. The van der Waals surface area contributed by atoms with Gasteiger partial charge < -0.3 is 9.31 Å². The zero-order valence-electron chi connectivity index (χ0n) is 8.12.